The highest BCUT2D eigenvalue weighted by atomic mass is 16.3. The van der Waals surface area contributed by atoms with E-state index in [2.05, 4.69) is 55.2 Å². The molecule has 1 aromatic heterocycles. The van der Waals surface area contributed by atoms with Crippen molar-refractivity contribution in [2.45, 2.75) is 13.0 Å². The summed E-state index contributed by atoms with van der Waals surface area (Å²) in [4.78, 5) is 5.64. The number of phenols is 1. The summed E-state index contributed by atoms with van der Waals surface area (Å²) < 4.78 is 0. The maximum atomic E-state index is 9.80. The zero-order chi connectivity index (χ0) is 15.0. The highest BCUT2D eigenvalue weighted by molar-refractivity contribution is 5.85. The summed E-state index contributed by atoms with van der Waals surface area (Å²) in [6.07, 6.45) is 0. The van der Waals surface area contributed by atoms with Crippen molar-refractivity contribution in [1.82, 2.24) is 9.88 Å². The van der Waals surface area contributed by atoms with E-state index in [9.17, 15) is 5.11 Å². The Hall–Kier alpha value is -2.26. The van der Waals surface area contributed by atoms with E-state index in [0.29, 0.717) is 5.75 Å². The second-order valence-electron chi connectivity index (χ2n) is 5.67. The van der Waals surface area contributed by atoms with Crippen molar-refractivity contribution in [2.24, 2.45) is 0 Å². The first-order chi connectivity index (χ1) is 10.1. The summed E-state index contributed by atoms with van der Waals surface area (Å²) in [6, 6.07) is 16.0. The van der Waals surface area contributed by atoms with Crippen LogP contribution in [0.5, 0.6) is 5.75 Å². The van der Waals surface area contributed by atoms with Crippen molar-refractivity contribution in [3.8, 4) is 5.75 Å². The van der Waals surface area contributed by atoms with E-state index in [4.69, 9.17) is 0 Å². The molecule has 1 atom stereocenters. The average Bonchev–Trinajstić information content (AvgIpc) is 2.76. The number of aromatic nitrogens is 1. The maximum absolute atomic E-state index is 9.80. The molecule has 0 bridgehead atoms. The van der Waals surface area contributed by atoms with Crippen LogP contribution in [0, 0.1) is 6.92 Å². The van der Waals surface area contributed by atoms with Crippen LogP contribution in [0.2, 0.25) is 0 Å². The lowest BCUT2D eigenvalue weighted by Crippen LogP contribution is -2.21. The molecule has 1 unspecified atom stereocenters. The van der Waals surface area contributed by atoms with Crippen LogP contribution in [0.4, 0.5) is 0 Å². The summed E-state index contributed by atoms with van der Waals surface area (Å²) in [5.74, 6) is 0.303. The van der Waals surface area contributed by atoms with E-state index in [-0.39, 0.29) is 6.04 Å². The lowest BCUT2D eigenvalue weighted by molar-refractivity contribution is 0.342. The standard InChI is InChI=1S/C18H20N2O/c1-12-17(15-9-4-5-10-16(15)19-12)18(20(2)3)13-7-6-8-14(21)11-13/h4-11,18-19,21H,1-3H3. The Balaban J connectivity index is 2.23. The third kappa shape index (κ3) is 2.41. The van der Waals surface area contributed by atoms with Crippen molar-refractivity contribution in [2.75, 3.05) is 14.1 Å². The maximum Gasteiger partial charge on any atom is 0.115 e. The molecule has 0 aliphatic rings. The first-order valence-electron chi connectivity index (χ1n) is 7.10. The molecule has 3 nitrogen and oxygen atoms in total. The van der Waals surface area contributed by atoms with Gasteiger partial charge in [-0.1, -0.05) is 30.3 Å². The van der Waals surface area contributed by atoms with Gasteiger partial charge in [-0.15, -0.1) is 0 Å². The van der Waals surface area contributed by atoms with Crippen LogP contribution in [0.15, 0.2) is 48.5 Å². The number of aromatic amines is 1. The third-order valence-electron chi connectivity index (χ3n) is 3.92. The predicted molar refractivity (Wildman–Crippen MR) is 86.7 cm³/mol. The van der Waals surface area contributed by atoms with E-state index in [0.717, 1.165) is 11.1 Å². The van der Waals surface area contributed by atoms with Gasteiger partial charge >= 0.3 is 0 Å². The molecule has 0 saturated carbocycles. The third-order valence-corrected chi connectivity index (χ3v) is 3.92. The van der Waals surface area contributed by atoms with Crippen LogP contribution in [0.1, 0.15) is 22.9 Å². The molecule has 2 N–H and O–H groups in total. The lowest BCUT2D eigenvalue weighted by Gasteiger charge is -2.26. The lowest BCUT2D eigenvalue weighted by atomic mass is 9.95. The van der Waals surface area contributed by atoms with E-state index >= 15 is 0 Å². The monoisotopic (exact) mass is 280 g/mol. The summed E-state index contributed by atoms with van der Waals surface area (Å²) >= 11 is 0. The molecule has 108 valence electrons. The second kappa shape index (κ2) is 5.26. The van der Waals surface area contributed by atoms with Gasteiger partial charge in [0.2, 0.25) is 0 Å². The first-order valence-corrected chi connectivity index (χ1v) is 7.10. The fraction of sp³-hybridized carbons (Fsp3) is 0.222. The summed E-state index contributed by atoms with van der Waals surface area (Å²) in [5.41, 5.74) is 4.67. The minimum atomic E-state index is 0.105. The number of hydrogen-bond donors (Lipinski definition) is 2. The van der Waals surface area contributed by atoms with E-state index in [1.54, 1.807) is 6.07 Å². The number of fused-ring (bicyclic) bond motifs is 1. The molecule has 21 heavy (non-hydrogen) atoms. The average molecular weight is 280 g/mol. The van der Waals surface area contributed by atoms with E-state index in [1.165, 1.54) is 16.6 Å². The van der Waals surface area contributed by atoms with Crippen molar-refractivity contribution < 1.29 is 5.11 Å². The highest BCUT2D eigenvalue weighted by Crippen LogP contribution is 2.35. The molecule has 3 aromatic rings. The van der Waals surface area contributed by atoms with E-state index < -0.39 is 0 Å². The molecule has 0 aliphatic heterocycles. The van der Waals surface area contributed by atoms with Gasteiger partial charge in [-0.3, -0.25) is 4.90 Å². The molecule has 0 fully saturated rings. The van der Waals surface area contributed by atoms with Crippen LogP contribution in [-0.2, 0) is 0 Å². The second-order valence-corrected chi connectivity index (χ2v) is 5.67. The van der Waals surface area contributed by atoms with Crippen LogP contribution < -0.4 is 0 Å². The Kier molecular flexibility index (Phi) is 3.43. The summed E-state index contributed by atoms with van der Waals surface area (Å²) in [6.45, 7) is 2.11. The molecular formula is C18H20N2O. The van der Waals surface area contributed by atoms with Gasteiger partial charge in [0.05, 0.1) is 6.04 Å². The van der Waals surface area contributed by atoms with Crippen LogP contribution >= 0.6 is 0 Å². The van der Waals surface area contributed by atoms with Crippen molar-refractivity contribution in [3.63, 3.8) is 0 Å². The molecule has 1 heterocycles. The molecule has 0 radical (unpaired) electrons. The molecule has 0 spiro atoms. The molecule has 0 amide bonds. The van der Waals surface area contributed by atoms with Gasteiger partial charge in [0.1, 0.15) is 5.75 Å². The number of para-hydroxylation sites is 1. The Morgan fingerprint density at radius 1 is 1.05 bits per heavy atom. The van der Waals surface area contributed by atoms with Gasteiger partial charge in [-0.05, 0) is 44.8 Å². The molecule has 0 saturated heterocycles. The molecule has 0 aliphatic carbocycles. The fourth-order valence-corrected chi connectivity index (χ4v) is 3.07. The fourth-order valence-electron chi connectivity index (χ4n) is 3.07. The number of benzene rings is 2. The summed E-state index contributed by atoms with van der Waals surface area (Å²) in [7, 11) is 4.13. The zero-order valence-electron chi connectivity index (χ0n) is 12.6. The zero-order valence-corrected chi connectivity index (χ0v) is 12.6. The molecule has 3 rings (SSSR count). The Morgan fingerprint density at radius 3 is 2.52 bits per heavy atom. The van der Waals surface area contributed by atoms with Gasteiger partial charge < -0.3 is 10.1 Å². The van der Waals surface area contributed by atoms with Gasteiger partial charge in [-0.25, -0.2) is 0 Å². The van der Waals surface area contributed by atoms with Crippen molar-refractivity contribution in [3.05, 3.63) is 65.4 Å². The van der Waals surface area contributed by atoms with Crippen LogP contribution in [0.25, 0.3) is 10.9 Å². The van der Waals surface area contributed by atoms with Crippen LogP contribution in [-0.4, -0.2) is 29.1 Å². The number of hydrogen-bond acceptors (Lipinski definition) is 2. The van der Waals surface area contributed by atoms with Gasteiger partial charge in [0.25, 0.3) is 0 Å². The quantitative estimate of drug-likeness (QED) is 0.765. The number of phenolic OH excluding ortho intramolecular Hbond substituents is 1. The van der Waals surface area contributed by atoms with Crippen molar-refractivity contribution >= 4 is 10.9 Å². The van der Waals surface area contributed by atoms with Crippen molar-refractivity contribution in [1.29, 1.82) is 0 Å². The minimum absolute atomic E-state index is 0.105. The summed E-state index contributed by atoms with van der Waals surface area (Å²) in [5, 5.41) is 11.0. The Bertz CT molecular complexity index is 774. The topological polar surface area (TPSA) is 39.3 Å². The molecule has 3 heteroatoms. The number of H-pyrrole nitrogens is 1. The van der Waals surface area contributed by atoms with E-state index in [1.807, 2.05) is 18.2 Å². The number of nitrogens with one attached hydrogen (secondary N) is 1. The number of aromatic hydroxyl groups is 1. The number of rotatable bonds is 3. The molecular weight excluding hydrogens is 260 g/mol. The Labute approximate surface area is 124 Å². The predicted octanol–water partition coefficient (Wildman–Crippen LogP) is 3.83. The largest absolute Gasteiger partial charge is 0.508 e. The Morgan fingerprint density at radius 2 is 1.81 bits per heavy atom. The normalized spacial score (nSPS) is 13.0. The first kappa shape index (κ1) is 13.7. The highest BCUT2D eigenvalue weighted by Gasteiger charge is 2.22. The van der Waals surface area contributed by atoms with Gasteiger partial charge in [0, 0.05) is 22.2 Å². The minimum Gasteiger partial charge on any atom is -0.508 e. The van der Waals surface area contributed by atoms with Gasteiger partial charge in [-0.2, -0.15) is 0 Å². The SMILES string of the molecule is Cc1[nH]c2ccccc2c1C(c1cccc(O)c1)N(C)C. The molecule has 2 aromatic carbocycles. The number of aryl methyl sites for hydroxylation is 1. The number of nitrogens with zero attached hydrogens (tertiary/aromatic N) is 1. The smallest absolute Gasteiger partial charge is 0.115 e. The van der Waals surface area contributed by atoms with Crippen LogP contribution in [0.3, 0.4) is 0 Å². The van der Waals surface area contributed by atoms with Gasteiger partial charge in [0.15, 0.2) is 0 Å².